The molecule has 7 nitrogen and oxygen atoms in total. The lowest BCUT2D eigenvalue weighted by Crippen LogP contribution is -2.52. The summed E-state index contributed by atoms with van der Waals surface area (Å²) in [7, 11) is 0. The molecule has 2 aliphatic heterocycles. The maximum Gasteiger partial charge on any atom is 0.194 e. The number of hydrogen-bond acceptors (Lipinski definition) is 5. The Balaban J connectivity index is 0.00000306. The molecule has 0 saturated carbocycles. The Hall–Kier alpha value is -2.14. The molecule has 2 fully saturated rings. The number of pyridine rings is 1. The van der Waals surface area contributed by atoms with Crippen molar-refractivity contribution in [3.8, 4) is 0 Å². The van der Waals surface area contributed by atoms with Crippen molar-refractivity contribution in [2.75, 3.05) is 62.2 Å². The molecular formula is C24H34FIN6O. The van der Waals surface area contributed by atoms with Crippen molar-refractivity contribution in [2.24, 2.45) is 4.99 Å². The summed E-state index contributed by atoms with van der Waals surface area (Å²) in [6, 6.07) is 11.2. The van der Waals surface area contributed by atoms with Crippen molar-refractivity contribution < 1.29 is 9.13 Å². The van der Waals surface area contributed by atoms with Crippen molar-refractivity contribution in [3.63, 3.8) is 0 Å². The van der Waals surface area contributed by atoms with E-state index < -0.39 is 0 Å². The van der Waals surface area contributed by atoms with Crippen molar-refractivity contribution >= 4 is 41.4 Å². The molecule has 1 atom stereocenters. The van der Waals surface area contributed by atoms with E-state index in [4.69, 9.17) is 9.73 Å². The Morgan fingerprint density at radius 2 is 1.91 bits per heavy atom. The number of ether oxygens (including phenoxy) is 1. The maximum absolute atomic E-state index is 14.1. The molecule has 3 heterocycles. The largest absolute Gasteiger partial charge is 0.375 e. The smallest absolute Gasteiger partial charge is 0.194 e. The first-order valence-electron chi connectivity index (χ1n) is 11.5. The molecule has 0 bridgehead atoms. The van der Waals surface area contributed by atoms with Gasteiger partial charge in [0.05, 0.1) is 24.9 Å². The van der Waals surface area contributed by atoms with Gasteiger partial charge in [-0.3, -0.25) is 0 Å². The first-order chi connectivity index (χ1) is 15.6. The molecule has 0 aliphatic carbocycles. The number of morpholine rings is 1. The van der Waals surface area contributed by atoms with E-state index in [1.165, 1.54) is 6.07 Å². The molecule has 180 valence electrons. The summed E-state index contributed by atoms with van der Waals surface area (Å²) in [4.78, 5) is 16.1. The minimum Gasteiger partial charge on any atom is -0.375 e. The highest BCUT2D eigenvalue weighted by Gasteiger charge is 2.21. The van der Waals surface area contributed by atoms with Crippen LogP contribution in [0.3, 0.4) is 0 Å². The van der Waals surface area contributed by atoms with Crippen LogP contribution < -0.4 is 15.1 Å². The number of nitrogens with one attached hydrogen (secondary N) is 1. The molecule has 1 unspecified atom stereocenters. The number of para-hydroxylation sites is 1. The Morgan fingerprint density at radius 1 is 1.12 bits per heavy atom. The van der Waals surface area contributed by atoms with Gasteiger partial charge < -0.3 is 24.8 Å². The lowest BCUT2D eigenvalue weighted by molar-refractivity contribution is 0.0529. The van der Waals surface area contributed by atoms with Gasteiger partial charge in [-0.15, -0.1) is 24.0 Å². The fourth-order valence-corrected chi connectivity index (χ4v) is 4.18. The number of aromatic nitrogens is 1. The summed E-state index contributed by atoms with van der Waals surface area (Å²) in [5, 5.41) is 3.40. The lowest BCUT2D eigenvalue weighted by atomic mass is 10.2. The standard InChI is InChI=1S/C24H33FN6O.HI/c1-3-26-24(30-12-10-29(11-13-30)22-7-5-4-6-21(22)25)28-17-20-8-9-23(27-16-20)31-14-15-32-19(2)18-31;/h4-9,16,19H,3,10-15,17-18H2,1-2H3,(H,26,28);1H. The third-order valence-corrected chi connectivity index (χ3v) is 5.89. The van der Waals surface area contributed by atoms with Crippen LogP contribution in [-0.2, 0) is 11.3 Å². The van der Waals surface area contributed by atoms with Gasteiger partial charge in [-0.25, -0.2) is 14.4 Å². The predicted octanol–water partition coefficient (Wildman–Crippen LogP) is 3.35. The summed E-state index contributed by atoms with van der Waals surface area (Å²) in [6.45, 7) is 11.1. The van der Waals surface area contributed by atoms with Gasteiger partial charge in [0.1, 0.15) is 11.6 Å². The van der Waals surface area contributed by atoms with Crippen LogP contribution in [0.2, 0.25) is 0 Å². The Kier molecular flexibility index (Phi) is 9.54. The molecule has 0 spiro atoms. The third-order valence-electron chi connectivity index (χ3n) is 5.89. The molecule has 1 aromatic heterocycles. The average Bonchev–Trinajstić information content (AvgIpc) is 2.83. The third kappa shape index (κ3) is 6.69. The second kappa shape index (κ2) is 12.4. The van der Waals surface area contributed by atoms with Crippen molar-refractivity contribution in [1.29, 1.82) is 0 Å². The summed E-state index contributed by atoms with van der Waals surface area (Å²) in [5.74, 6) is 1.72. The second-order valence-corrected chi connectivity index (χ2v) is 8.25. The van der Waals surface area contributed by atoms with E-state index in [1.807, 2.05) is 18.3 Å². The van der Waals surface area contributed by atoms with Gasteiger partial charge in [0, 0.05) is 52.0 Å². The summed E-state index contributed by atoms with van der Waals surface area (Å²) in [5.41, 5.74) is 1.75. The molecule has 1 aromatic carbocycles. The van der Waals surface area contributed by atoms with Crippen LogP contribution >= 0.6 is 24.0 Å². The number of hydrogen-bond donors (Lipinski definition) is 1. The monoisotopic (exact) mass is 568 g/mol. The van der Waals surface area contributed by atoms with E-state index in [0.29, 0.717) is 12.2 Å². The van der Waals surface area contributed by atoms with E-state index in [0.717, 1.165) is 69.8 Å². The van der Waals surface area contributed by atoms with Gasteiger partial charge in [-0.2, -0.15) is 0 Å². The van der Waals surface area contributed by atoms with Crippen LogP contribution in [0.4, 0.5) is 15.9 Å². The number of rotatable bonds is 5. The first-order valence-corrected chi connectivity index (χ1v) is 11.5. The van der Waals surface area contributed by atoms with E-state index in [1.54, 1.807) is 6.07 Å². The predicted molar refractivity (Wildman–Crippen MR) is 142 cm³/mol. The van der Waals surface area contributed by atoms with E-state index in [9.17, 15) is 4.39 Å². The quantitative estimate of drug-likeness (QED) is 0.340. The molecular weight excluding hydrogens is 534 g/mol. The number of halogens is 2. The normalized spacial score (nSPS) is 19.3. The zero-order valence-electron chi connectivity index (χ0n) is 19.4. The molecule has 1 N–H and O–H groups in total. The summed E-state index contributed by atoms with van der Waals surface area (Å²) in [6.07, 6.45) is 2.15. The van der Waals surface area contributed by atoms with E-state index >= 15 is 0 Å². The fourth-order valence-electron chi connectivity index (χ4n) is 4.18. The van der Waals surface area contributed by atoms with Crippen LogP contribution in [-0.4, -0.2) is 74.4 Å². The number of nitrogens with zero attached hydrogens (tertiary/aromatic N) is 5. The van der Waals surface area contributed by atoms with Crippen molar-refractivity contribution in [3.05, 3.63) is 54.0 Å². The van der Waals surface area contributed by atoms with Crippen LogP contribution in [0.1, 0.15) is 19.4 Å². The van der Waals surface area contributed by atoms with Crippen molar-refractivity contribution in [1.82, 2.24) is 15.2 Å². The van der Waals surface area contributed by atoms with Gasteiger partial charge in [-0.05, 0) is 37.6 Å². The molecule has 9 heteroatoms. The first kappa shape index (κ1) is 25.5. The Bertz CT molecular complexity index is 904. The lowest BCUT2D eigenvalue weighted by Gasteiger charge is -2.37. The molecule has 2 saturated heterocycles. The SMILES string of the molecule is CCNC(=NCc1ccc(N2CCOC(C)C2)nc1)N1CCN(c2ccccc2F)CC1.I. The molecule has 0 amide bonds. The van der Waals surface area contributed by atoms with Crippen LogP contribution in [0, 0.1) is 5.82 Å². The number of piperazine rings is 1. The van der Waals surface area contributed by atoms with Gasteiger partial charge in [-0.1, -0.05) is 18.2 Å². The van der Waals surface area contributed by atoms with E-state index in [2.05, 4.69) is 51.0 Å². The van der Waals surface area contributed by atoms with Gasteiger partial charge in [0.25, 0.3) is 0 Å². The molecule has 2 aromatic rings. The van der Waals surface area contributed by atoms with Gasteiger partial charge >= 0.3 is 0 Å². The zero-order chi connectivity index (χ0) is 22.3. The molecule has 2 aliphatic rings. The fraction of sp³-hybridized carbons (Fsp3) is 0.500. The van der Waals surface area contributed by atoms with Crippen LogP contribution in [0.15, 0.2) is 47.6 Å². The maximum atomic E-state index is 14.1. The molecule has 4 rings (SSSR count). The number of guanidine groups is 1. The van der Waals surface area contributed by atoms with Crippen LogP contribution in [0.25, 0.3) is 0 Å². The van der Waals surface area contributed by atoms with E-state index in [-0.39, 0.29) is 35.9 Å². The minimum atomic E-state index is -0.163. The van der Waals surface area contributed by atoms with Crippen LogP contribution in [0.5, 0.6) is 0 Å². The molecule has 0 radical (unpaired) electrons. The number of aliphatic imine (C=N–C) groups is 1. The summed E-state index contributed by atoms with van der Waals surface area (Å²) < 4.78 is 19.7. The number of anilines is 2. The second-order valence-electron chi connectivity index (χ2n) is 8.25. The Labute approximate surface area is 213 Å². The molecule has 33 heavy (non-hydrogen) atoms. The highest BCUT2D eigenvalue weighted by molar-refractivity contribution is 14.0. The summed E-state index contributed by atoms with van der Waals surface area (Å²) >= 11 is 0. The minimum absolute atomic E-state index is 0. The average molecular weight is 568 g/mol. The Morgan fingerprint density at radius 3 is 2.58 bits per heavy atom. The highest BCUT2D eigenvalue weighted by Crippen LogP contribution is 2.20. The highest BCUT2D eigenvalue weighted by atomic mass is 127. The number of benzene rings is 1. The van der Waals surface area contributed by atoms with Gasteiger partial charge in [0.15, 0.2) is 5.96 Å². The van der Waals surface area contributed by atoms with Crippen molar-refractivity contribution in [2.45, 2.75) is 26.5 Å². The van der Waals surface area contributed by atoms with Gasteiger partial charge in [0.2, 0.25) is 0 Å². The topological polar surface area (TPSA) is 56.2 Å². The zero-order valence-corrected chi connectivity index (χ0v) is 21.7.